The van der Waals surface area contributed by atoms with Crippen LogP contribution in [0.5, 0.6) is 0 Å². The van der Waals surface area contributed by atoms with Gasteiger partial charge in [0.25, 0.3) is 5.91 Å². The predicted molar refractivity (Wildman–Crippen MR) is 86.3 cm³/mol. The third-order valence-electron chi connectivity index (χ3n) is 2.96. The quantitative estimate of drug-likeness (QED) is 0.832. The maximum absolute atomic E-state index is 12.1. The molecule has 0 heterocycles. The van der Waals surface area contributed by atoms with E-state index in [1.54, 1.807) is 0 Å². The highest BCUT2D eigenvalue weighted by atomic mass is 79.9. The lowest BCUT2D eigenvalue weighted by atomic mass is 10.1. The van der Waals surface area contributed by atoms with E-state index in [-0.39, 0.29) is 11.9 Å². The van der Waals surface area contributed by atoms with Crippen LogP contribution in [0.4, 0.5) is 0 Å². The molecule has 0 aromatic heterocycles. The number of halogens is 1. The topological polar surface area (TPSA) is 29.1 Å². The Labute approximate surface area is 127 Å². The van der Waals surface area contributed by atoms with Gasteiger partial charge in [-0.2, -0.15) is 0 Å². The van der Waals surface area contributed by atoms with Crippen LogP contribution in [0.25, 0.3) is 6.08 Å². The Morgan fingerprint density at radius 1 is 1.05 bits per heavy atom. The van der Waals surface area contributed by atoms with Crippen molar-refractivity contribution >= 4 is 27.9 Å². The first-order valence-corrected chi connectivity index (χ1v) is 7.24. The van der Waals surface area contributed by atoms with Crippen molar-refractivity contribution in [2.24, 2.45) is 0 Å². The van der Waals surface area contributed by atoms with Crippen molar-refractivity contribution in [2.45, 2.75) is 13.0 Å². The molecule has 0 aliphatic heterocycles. The van der Waals surface area contributed by atoms with Crippen LogP contribution in [0, 0.1) is 0 Å². The molecule has 2 aromatic carbocycles. The molecule has 0 aliphatic rings. The summed E-state index contributed by atoms with van der Waals surface area (Å²) in [5.74, 6) is -0.120. The van der Waals surface area contributed by atoms with Crippen molar-refractivity contribution in [1.82, 2.24) is 5.32 Å². The normalized spacial score (nSPS) is 12.8. The van der Waals surface area contributed by atoms with E-state index in [0.717, 1.165) is 11.1 Å². The molecule has 1 atom stereocenters. The standard InChI is InChI=1S/C17H16BrNO/c1-13(15-10-6-3-7-11-15)19-17(20)16(18)12-14-8-4-2-5-9-14/h2-13H,1H3,(H,19,20)/b16-12-. The molecule has 20 heavy (non-hydrogen) atoms. The van der Waals surface area contributed by atoms with Gasteiger partial charge in [-0.3, -0.25) is 4.79 Å². The summed E-state index contributed by atoms with van der Waals surface area (Å²) in [4.78, 5) is 12.1. The predicted octanol–water partition coefficient (Wildman–Crippen LogP) is 4.30. The Hall–Kier alpha value is -1.87. The van der Waals surface area contributed by atoms with E-state index in [1.807, 2.05) is 73.7 Å². The first-order valence-electron chi connectivity index (χ1n) is 6.45. The highest BCUT2D eigenvalue weighted by Crippen LogP contribution is 2.16. The average Bonchev–Trinajstić information content (AvgIpc) is 2.49. The number of nitrogens with one attached hydrogen (secondary N) is 1. The van der Waals surface area contributed by atoms with E-state index in [9.17, 15) is 4.79 Å². The molecule has 2 aromatic rings. The highest BCUT2D eigenvalue weighted by Gasteiger charge is 2.11. The smallest absolute Gasteiger partial charge is 0.258 e. The summed E-state index contributed by atoms with van der Waals surface area (Å²) < 4.78 is 0.520. The van der Waals surface area contributed by atoms with Crippen LogP contribution < -0.4 is 5.32 Å². The lowest BCUT2D eigenvalue weighted by Crippen LogP contribution is -2.26. The van der Waals surface area contributed by atoms with E-state index in [1.165, 1.54) is 0 Å². The van der Waals surface area contributed by atoms with Crippen molar-refractivity contribution in [3.63, 3.8) is 0 Å². The van der Waals surface area contributed by atoms with Gasteiger partial charge in [0.05, 0.1) is 10.5 Å². The second kappa shape index (κ2) is 7.06. The summed E-state index contributed by atoms with van der Waals surface area (Å²) >= 11 is 3.33. The Morgan fingerprint density at radius 3 is 2.20 bits per heavy atom. The van der Waals surface area contributed by atoms with E-state index in [2.05, 4.69) is 21.2 Å². The van der Waals surface area contributed by atoms with Gasteiger partial charge in [0.2, 0.25) is 0 Å². The van der Waals surface area contributed by atoms with Crippen LogP contribution in [-0.2, 0) is 4.79 Å². The van der Waals surface area contributed by atoms with E-state index in [0.29, 0.717) is 4.48 Å². The molecule has 0 aliphatic carbocycles. The summed E-state index contributed by atoms with van der Waals surface area (Å²) in [5.41, 5.74) is 2.07. The number of hydrogen-bond donors (Lipinski definition) is 1. The average molecular weight is 330 g/mol. The molecule has 0 spiro atoms. The zero-order chi connectivity index (χ0) is 14.4. The van der Waals surface area contributed by atoms with Gasteiger partial charge < -0.3 is 5.32 Å². The molecular weight excluding hydrogens is 314 g/mol. The van der Waals surface area contributed by atoms with Crippen LogP contribution in [0.15, 0.2) is 65.1 Å². The maximum atomic E-state index is 12.1. The third kappa shape index (κ3) is 4.07. The van der Waals surface area contributed by atoms with Crippen LogP contribution in [0.1, 0.15) is 24.1 Å². The fourth-order valence-electron chi connectivity index (χ4n) is 1.85. The van der Waals surface area contributed by atoms with Gasteiger partial charge in [0, 0.05) is 0 Å². The van der Waals surface area contributed by atoms with Crippen molar-refractivity contribution in [1.29, 1.82) is 0 Å². The third-order valence-corrected chi connectivity index (χ3v) is 3.55. The second-order valence-electron chi connectivity index (χ2n) is 4.51. The van der Waals surface area contributed by atoms with Gasteiger partial charge >= 0.3 is 0 Å². The SMILES string of the molecule is CC(NC(=O)/C(Br)=C/c1ccccc1)c1ccccc1. The lowest BCUT2D eigenvalue weighted by molar-refractivity contribution is -0.117. The largest absolute Gasteiger partial charge is 0.345 e. The summed E-state index contributed by atoms with van der Waals surface area (Å²) in [5, 5.41) is 2.96. The first-order chi connectivity index (χ1) is 9.66. The molecule has 0 fully saturated rings. The molecule has 0 bridgehead atoms. The zero-order valence-corrected chi connectivity index (χ0v) is 12.8. The Balaban J connectivity index is 2.03. The molecule has 0 saturated heterocycles. The minimum atomic E-state index is -0.120. The molecule has 1 N–H and O–H groups in total. The molecule has 3 heteroatoms. The van der Waals surface area contributed by atoms with Gasteiger partial charge in [-0.15, -0.1) is 0 Å². The highest BCUT2D eigenvalue weighted by molar-refractivity contribution is 9.12. The molecule has 1 unspecified atom stereocenters. The Bertz CT molecular complexity index is 593. The van der Waals surface area contributed by atoms with Crippen molar-refractivity contribution < 1.29 is 4.79 Å². The Morgan fingerprint density at radius 2 is 1.60 bits per heavy atom. The zero-order valence-electron chi connectivity index (χ0n) is 11.2. The minimum Gasteiger partial charge on any atom is -0.345 e. The molecule has 102 valence electrons. The number of amides is 1. The summed E-state index contributed by atoms with van der Waals surface area (Å²) in [6.07, 6.45) is 1.81. The number of carbonyl (C=O) groups excluding carboxylic acids is 1. The maximum Gasteiger partial charge on any atom is 0.258 e. The lowest BCUT2D eigenvalue weighted by Gasteiger charge is -2.13. The summed E-state index contributed by atoms with van der Waals surface area (Å²) in [6, 6.07) is 19.6. The molecule has 2 rings (SSSR count). The fourth-order valence-corrected chi connectivity index (χ4v) is 2.23. The van der Waals surface area contributed by atoms with Crippen molar-refractivity contribution in [3.05, 3.63) is 76.3 Å². The van der Waals surface area contributed by atoms with Gasteiger partial charge in [0.1, 0.15) is 0 Å². The molecular formula is C17H16BrNO. The fraction of sp³-hybridized carbons (Fsp3) is 0.118. The Kier molecular flexibility index (Phi) is 5.13. The van der Waals surface area contributed by atoms with Gasteiger partial charge in [-0.1, -0.05) is 60.7 Å². The van der Waals surface area contributed by atoms with E-state index in [4.69, 9.17) is 0 Å². The monoisotopic (exact) mass is 329 g/mol. The van der Waals surface area contributed by atoms with Crippen LogP contribution in [0.3, 0.4) is 0 Å². The minimum absolute atomic E-state index is 0.0274. The molecule has 0 radical (unpaired) electrons. The van der Waals surface area contributed by atoms with Gasteiger partial charge in [-0.25, -0.2) is 0 Å². The molecule has 2 nitrogen and oxygen atoms in total. The molecule has 1 amide bonds. The van der Waals surface area contributed by atoms with E-state index >= 15 is 0 Å². The number of benzene rings is 2. The summed E-state index contributed by atoms with van der Waals surface area (Å²) in [7, 11) is 0. The summed E-state index contributed by atoms with van der Waals surface area (Å²) in [6.45, 7) is 1.97. The first kappa shape index (κ1) is 14.5. The van der Waals surface area contributed by atoms with E-state index < -0.39 is 0 Å². The second-order valence-corrected chi connectivity index (χ2v) is 5.36. The van der Waals surface area contributed by atoms with Crippen LogP contribution in [-0.4, -0.2) is 5.91 Å². The molecule has 0 saturated carbocycles. The van der Waals surface area contributed by atoms with Crippen molar-refractivity contribution in [2.75, 3.05) is 0 Å². The van der Waals surface area contributed by atoms with Crippen molar-refractivity contribution in [3.8, 4) is 0 Å². The number of rotatable bonds is 4. The van der Waals surface area contributed by atoms with Crippen LogP contribution in [0.2, 0.25) is 0 Å². The number of carbonyl (C=O) groups is 1. The van der Waals surface area contributed by atoms with Gasteiger partial charge in [0.15, 0.2) is 0 Å². The number of hydrogen-bond acceptors (Lipinski definition) is 1. The van der Waals surface area contributed by atoms with Gasteiger partial charge in [-0.05, 0) is 40.1 Å². The van der Waals surface area contributed by atoms with Crippen LogP contribution >= 0.6 is 15.9 Å².